The first kappa shape index (κ1) is 14.6. The van der Waals surface area contributed by atoms with E-state index in [1.165, 1.54) is 0 Å². The second-order valence-electron chi connectivity index (χ2n) is 6.21. The number of amides is 1. The molecule has 110 valence electrons. The molecule has 0 aromatic carbocycles. The zero-order valence-electron chi connectivity index (χ0n) is 12.8. The smallest absolute Gasteiger partial charge is 0.244 e. The summed E-state index contributed by atoms with van der Waals surface area (Å²) in [5, 5.41) is 6.26. The van der Waals surface area contributed by atoms with Gasteiger partial charge in [0.05, 0.1) is 0 Å². The molecule has 1 fully saturated rings. The third-order valence-corrected chi connectivity index (χ3v) is 3.40. The molecule has 1 aliphatic rings. The second-order valence-corrected chi connectivity index (χ2v) is 6.21. The van der Waals surface area contributed by atoms with Crippen LogP contribution in [0.25, 0.3) is 0 Å². The summed E-state index contributed by atoms with van der Waals surface area (Å²) in [7, 11) is 3.65. The first-order valence-corrected chi connectivity index (χ1v) is 6.90. The van der Waals surface area contributed by atoms with Gasteiger partial charge in [-0.15, -0.1) is 0 Å². The number of nitrogens with one attached hydrogen (secondary N) is 2. The molecule has 2 N–H and O–H groups in total. The average Bonchev–Trinajstić information content (AvgIpc) is 2.69. The highest BCUT2D eigenvalue weighted by molar-refractivity contribution is 5.86. The van der Waals surface area contributed by atoms with Crippen LogP contribution in [0.1, 0.15) is 33.0 Å². The van der Waals surface area contributed by atoms with Crippen molar-refractivity contribution >= 4 is 17.5 Å². The minimum atomic E-state index is -0.188. The average molecular weight is 277 g/mol. The molecule has 6 heteroatoms. The highest BCUT2D eigenvalue weighted by Crippen LogP contribution is 2.23. The van der Waals surface area contributed by atoms with Gasteiger partial charge in [-0.3, -0.25) is 4.79 Å². The van der Waals surface area contributed by atoms with E-state index in [9.17, 15) is 4.79 Å². The number of carbonyl (C=O) groups is 1. The van der Waals surface area contributed by atoms with Crippen LogP contribution >= 0.6 is 0 Å². The maximum absolute atomic E-state index is 12.0. The molecule has 1 atom stereocenters. The van der Waals surface area contributed by atoms with Gasteiger partial charge in [-0.25, -0.2) is 9.97 Å². The molecule has 1 aromatic heterocycles. The summed E-state index contributed by atoms with van der Waals surface area (Å²) in [5.41, 5.74) is -0.139. The molecule has 1 amide bonds. The molecule has 1 saturated heterocycles. The van der Waals surface area contributed by atoms with E-state index in [1.807, 2.05) is 20.2 Å². The molecule has 0 saturated carbocycles. The monoisotopic (exact) mass is 277 g/mol. The van der Waals surface area contributed by atoms with Gasteiger partial charge in [0.1, 0.15) is 23.5 Å². The minimum absolute atomic E-state index is 0.118. The van der Waals surface area contributed by atoms with Gasteiger partial charge >= 0.3 is 0 Å². The van der Waals surface area contributed by atoms with Gasteiger partial charge in [-0.1, -0.05) is 20.8 Å². The van der Waals surface area contributed by atoms with Crippen LogP contribution in [0.5, 0.6) is 0 Å². The van der Waals surface area contributed by atoms with Crippen LogP contribution in [0.4, 0.5) is 11.6 Å². The number of anilines is 2. The Kier molecular flexibility index (Phi) is 3.83. The maximum Gasteiger partial charge on any atom is 0.244 e. The van der Waals surface area contributed by atoms with Gasteiger partial charge < -0.3 is 15.5 Å². The predicted molar refractivity (Wildman–Crippen MR) is 79.9 cm³/mol. The summed E-state index contributed by atoms with van der Waals surface area (Å²) in [5.74, 6) is 2.33. The van der Waals surface area contributed by atoms with E-state index in [2.05, 4.69) is 41.4 Å². The molecule has 1 aliphatic heterocycles. The van der Waals surface area contributed by atoms with Gasteiger partial charge in [0, 0.05) is 32.1 Å². The van der Waals surface area contributed by atoms with Crippen molar-refractivity contribution in [1.82, 2.24) is 14.9 Å². The van der Waals surface area contributed by atoms with Gasteiger partial charge in [0.25, 0.3) is 0 Å². The highest BCUT2D eigenvalue weighted by Gasteiger charge is 2.29. The molecule has 0 aliphatic carbocycles. The summed E-state index contributed by atoms with van der Waals surface area (Å²) in [6.45, 7) is 6.99. The fourth-order valence-corrected chi connectivity index (χ4v) is 2.12. The zero-order valence-corrected chi connectivity index (χ0v) is 12.8. The normalized spacial score (nSPS) is 19.4. The summed E-state index contributed by atoms with van der Waals surface area (Å²) in [6, 6.07) is 1.65. The van der Waals surface area contributed by atoms with Crippen molar-refractivity contribution in [3.05, 3.63) is 11.9 Å². The third kappa shape index (κ3) is 3.00. The van der Waals surface area contributed by atoms with Crippen LogP contribution in [0.2, 0.25) is 0 Å². The minimum Gasteiger partial charge on any atom is -0.373 e. The Morgan fingerprint density at radius 3 is 2.45 bits per heavy atom. The Bertz CT molecular complexity index is 509. The summed E-state index contributed by atoms with van der Waals surface area (Å²) < 4.78 is 0. The summed E-state index contributed by atoms with van der Waals surface area (Å²) in [4.78, 5) is 22.7. The number of likely N-dealkylation sites (N-methyl/N-ethyl adjacent to an activating group) is 1. The van der Waals surface area contributed by atoms with Crippen molar-refractivity contribution in [1.29, 1.82) is 0 Å². The lowest BCUT2D eigenvalue weighted by molar-refractivity contribution is -0.127. The lowest BCUT2D eigenvalue weighted by Crippen LogP contribution is -2.31. The quantitative estimate of drug-likeness (QED) is 0.875. The number of carbonyl (C=O) groups excluding carboxylic acids is 1. The number of aromatic nitrogens is 2. The van der Waals surface area contributed by atoms with Crippen molar-refractivity contribution in [3.8, 4) is 0 Å². The van der Waals surface area contributed by atoms with Crippen LogP contribution in [0.3, 0.4) is 0 Å². The molecule has 6 nitrogen and oxygen atoms in total. The van der Waals surface area contributed by atoms with Crippen LogP contribution in [0, 0.1) is 0 Å². The van der Waals surface area contributed by atoms with E-state index in [0.717, 1.165) is 24.6 Å². The van der Waals surface area contributed by atoms with Crippen molar-refractivity contribution < 1.29 is 4.79 Å². The van der Waals surface area contributed by atoms with Crippen molar-refractivity contribution in [3.63, 3.8) is 0 Å². The topological polar surface area (TPSA) is 70.2 Å². The fraction of sp³-hybridized carbons (Fsp3) is 0.643. The number of likely N-dealkylation sites (tertiary alicyclic amines) is 1. The van der Waals surface area contributed by atoms with Crippen molar-refractivity contribution in [2.45, 2.75) is 38.6 Å². The number of rotatable bonds is 3. The molecule has 2 heterocycles. The molecule has 0 bridgehead atoms. The molecule has 1 aromatic rings. The van der Waals surface area contributed by atoms with E-state index < -0.39 is 0 Å². The highest BCUT2D eigenvalue weighted by atomic mass is 16.2. The molecule has 0 spiro atoms. The van der Waals surface area contributed by atoms with E-state index >= 15 is 0 Å². The maximum atomic E-state index is 12.0. The Morgan fingerprint density at radius 1 is 1.30 bits per heavy atom. The largest absolute Gasteiger partial charge is 0.373 e. The number of hydrogen-bond acceptors (Lipinski definition) is 5. The molecule has 2 rings (SSSR count). The van der Waals surface area contributed by atoms with Gasteiger partial charge in [-0.2, -0.15) is 0 Å². The molecular formula is C14H23N5O. The van der Waals surface area contributed by atoms with Crippen LogP contribution in [-0.2, 0) is 10.2 Å². The lowest BCUT2D eigenvalue weighted by Gasteiger charge is -2.20. The van der Waals surface area contributed by atoms with Gasteiger partial charge in [-0.05, 0) is 6.42 Å². The fourth-order valence-electron chi connectivity index (χ4n) is 2.12. The molecule has 0 radical (unpaired) electrons. The van der Waals surface area contributed by atoms with Crippen molar-refractivity contribution in [2.75, 3.05) is 31.3 Å². The first-order valence-electron chi connectivity index (χ1n) is 6.90. The zero-order chi connectivity index (χ0) is 14.9. The van der Waals surface area contributed by atoms with Gasteiger partial charge in [0.2, 0.25) is 5.91 Å². The van der Waals surface area contributed by atoms with E-state index in [1.54, 1.807) is 4.90 Å². The van der Waals surface area contributed by atoms with E-state index in [4.69, 9.17) is 0 Å². The van der Waals surface area contributed by atoms with Crippen LogP contribution in [-0.4, -0.2) is 47.5 Å². The first-order chi connectivity index (χ1) is 9.31. The second kappa shape index (κ2) is 5.26. The Hall–Kier alpha value is -1.85. The lowest BCUT2D eigenvalue weighted by atomic mass is 9.96. The third-order valence-electron chi connectivity index (χ3n) is 3.40. The SMILES string of the molecule is CNc1cc(NC2CCN(C)C2=O)nc(C(C)(C)C)n1. The standard InChI is InChI=1S/C14H23N5O/c1-14(2,3)13-17-10(15-4)8-11(18-13)16-9-6-7-19(5)12(9)20/h8-9H,6-7H2,1-5H3,(H2,15,16,17,18). The van der Waals surface area contributed by atoms with E-state index in [0.29, 0.717) is 5.82 Å². The Morgan fingerprint density at radius 2 is 1.95 bits per heavy atom. The number of hydrogen-bond donors (Lipinski definition) is 2. The van der Waals surface area contributed by atoms with Crippen LogP contribution < -0.4 is 10.6 Å². The van der Waals surface area contributed by atoms with Gasteiger partial charge in [0.15, 0.2) is 0 Å². The summed E-state index contributed by atoms with van der Waals surface area (Å²) >= 11 is 0. The predicted octanol–water partition coefficient (Wildman–Crippen LogP) is 1.46. The van der Waals surface area contributed by atoms with Crippen LogP contribution in [0.15, 0.2) is 6.07 Å². The number of nitrogens with zero attached hydrogens (tertiary/aromatic N) is 3. The molecular weight excluding hydrogens is 254 g/mol. The molecule has 20 heavy (non-hydrogen) atoms. The van der Waals surface area contributed by atoms with E-state index in [-0.39, 0.29) is 17.4 Å². The molecule has 1 unspecified atom stereocenters. The van der Waals surface area contributed by atoms with Crippen molar-refractivity contribution in [2.24, 2.45) is 0 Å². The summed E-state index contributed by atoms with van der Waals surface area (Å²) in [6.07, 6.45) is 0.805. The Balaban J connectivity index is 2.25. The Labute approximate surface area is 120 Å².